The van der Waals surface area contributed by atoms with Gasteiger partial charge in [-0.25, -0.2) is 9.97 Å². The summed E-state index contributed by atoms with van der Waals surface area (Å²) in [6, 6.07) is 0.164. The first-order valence-electron chi connectivity index (χ1n) is 10.0. The van der Waals surface area contributed by atoms with Gasteiger partial charge >= 0.3 is 6.18 Å². The van der Waals surface area contributed by atoms with Crippen molar-refractivity contribution in [2.45, 2.75) is 63.3 Å². The van der Waals surface area contributed by atoms with Crippen molar-refractivity contribution >= 4 is 23.5 Å². The smallest absolute Gasteiger partial charge is 0.393 e. The van der Waals surface area contributed by atoms with Gasteiger partial charge in [0.05, 0.1) is 11.5 Å². The molecule has 2 saturated heterocycles. The first kappa shape index (κ1) is 20.7. The van der Waals surface area contributed by atoms with E-state index in [0.29, 0.717) is 38.7 Å². The van der Waals surface area contributed by atoms with Gasteiger partial charge in [0, 0.05) is 31.9 Å². The molecule has 29 heavy (non-hydrogen) atoms. The second-order valence-corrected chi connectivity index (χ2v) is 8.75. The van der Waals surface area contributed by atoms with Crippen molar-refractivity contribution in [3.8, 4) is 0 Å². The van der Waals surface area contributed by atoms with Crippen molar-refractivity contribution in [3.05, 3.63) is 16.9 Å². The molecule has 1 amide bonds. The topological polar surface area (TPSA) is 69.6 Å². The summed E-state index contributed by atoms with van der Waals surface area (Å²) < 4.78 is 38.7. The molecule has 2 aliphatic heterocycles. The van der Waals surface area contributed by atoms with Crippen LogP contribution in [0.2, 0.25) is 5.15 Å². The van der Waals surface area contributed by atoms with Crippen LogP contribution in [-0.2, 0) is 11.0 Å². The fourth-order valence-electron chi connectivity index (χ4n) is 4.94. The molecule has 6 nitrogen and oxygen atoms in total. The maximum atomic E-state index is 13.3. The lowest BCUT2D eigenvalue weighted by molar-refractivity contribution is -0.139. The molecule has 3 heterocycles. The van der Waals surface area contributed by atoms with Crippen molar-refractivity contribution in [1.29, 1.82) is 0 Å². The number of aromatic nitrogens is 2. The number of carbonyl (C=O) groups is 1. The number of aliphatic hydroxyl groups is 1. The Morgan fingerprint density at radius 2 is 1.90 bits per heavy atom. The summed E-state index contributed by atoms with van der Waals surface area (Å²) in [6.45, 7) is 1.65. The molecule has 160 valence electrons. The average Bonchev–Trinajstić information content (AvgIpc) is 2.97. The molecule has 1 aromatic rings. The zero-order valence-corrected chi connectivity index (χ0v) is 16.7. The van der Waals surface area contributed by atoms with Crippen LogP contribution in [0.4, 0.5) is 19.1 Å². The third-order valence-electron chi connectivity index (χ3n) is 6.55. The monoisotopic (exact) mass is 432 g/mol. The summed E-state index contributed by atoms with van der Waals surface area (Å²) in [5.74, 6) is 0.246. The highest BCUT2D eigenvalue weighted by atomic mass is 35.5. The molecule has 10 heteroatoms. The van der Waals surface area contributed by atoms with Gasteiger partial charge in [0.25, 0.3) is 0 Å². The van der Waals surface area contributed by atoms with Gasteiger partial charge in [0.2, 0.25) is 11.9 Å². The number of alkyl halides is 3. The van der Waals surface area contributed by atoms with E-state index >= 15 is 0 Å². The van der Waals surface area contributed by atoms with Gasteiger partial charge in [0.1, 0.15) is 10.7 Å². The number of hydrogen-bond donors (Lipinski definition) is 1. The Balaban J connectivity index is 1.50. The number of hydrogen-bond acceptors (Lipinski definition) is 5. The van der Waals surface area contributed by atoms with E-state index in [1.165, 1.54) is 0 Å². The molecule has 0 unspecified atom stereocenters. The Morgan fingerprint density at radius 1 is 1.17 bits per heavy atom. The van der Waals surface area contributed by atoms with Gasteiger partial charge < -0.3 is 14.9 Å². The first-order chi connectivity index (χ1) is 13.7. The lowest BCUT2D eigenvalue weighted by atomic mass is 9.78. The molecule has 1 spiro atoms. The molecule has 3 aliphatic rings. The van der Waals surface area contributed by atoms with Crippen molar-refractivity contribution < 1.29 is 23.1 Å². The number of carbonyl (C=O) groups excluding carboxylic acids is 1. The van der Waals surface area contributed by atoms with Gasteiger partial charge in [0.15, 0.2) is 0 Å². The van der Waals surface area contributed by atoms with Gasteiger partial charge in [-0.1, -0.05) is 11.6 Å². The van der Waals surface area contributed by atoms with Crippen LogP contribution >= 0.6 is 11.6 Å². The van der Waals surface area contributed by atoms with Crippen LogP contribution < -0.4 is 4.90 Å². The van der Waals surface area contributed by atoms with E-state index in [1.807, 2.05) is 4.90 Å². The van der Waals surface area contributed by atoms with Gasteiger partial charge in [-0.05, 0) is 44.9 Å². The summed E-state index contributed by atoms with van der Waals surface area (Å²) in [7, 11) is 0. The van der Waals surface area contributed by atoms with Crippen LogP contribution in [0.5, 0.6) is 0 Å². The summed E-state index contributed by atoms with van der Waals surface area (Å²) >= 11 is 5.76. The van der Waals surface area contributed by atoms with Gasteiger partial charge in [-0.3, -0.25) is 4.79 Å². The Kier molecular flexibility index (Phi) is 5.40. The quantitative estimate of drug-likeness (QED) is 0.726. The zero-order valence-electron chi connectivity index (χ0n) is 16.0. The fraction of sp³-hybridized carbons (Fsp3) is 0.737. The minimum atomic E-state index is -4.60. The molecule has 1 N–H and O–H groups in total. The van der Waals surface area contributed by atoms with E-state index in [1.54, 1.807) is 4.90 Å². The van der Waals surface area contributed by atoms with E-state index in [0.717, 1.165) is 32.1 Å². The largest absolute Gasteiger partial charge is 0.420 e. The third kappa shape index (κ3) is 3.91. The number of amides is 1. The summed E-state index contributed by atoms with van der Waals surface area (Å²) in [5, 5.41) is 9.10. The van der Waals surface area contributed by atoms with Crippen LogP contribution in [-0.4, -0.2) is 57.7 Å². The number of rotatable bonds is 2. The van der Waals surface area contributed by atoms with Crippen LogP contribution in [0.25, 0.3) is 0 Å². The van der Waals surface area contributed by atoms with Crippen LogP contribution in [0, 0.1) is 5.41 Å². The molecule has 3 fully saturated rings. The molecule has 1 aliphatic carbocycles. The lowest BCUT2D eigenvalue weighted by Crippen LogP contribution is -2.50. The standard InChI is InChI=1S/C19H24ClF3N4O2/c20-15-14(19(21,22)23)10-24-17(25-15)26-8-1-6-18(11-26)7-9-27(16(18)29)12-2-4-13(28)5-3-12/h10,12-13,28H,1-9,11H2/t12?,13?,18-/m0/s1. The van der Waals surface area contributed by atoms with Crippen molar-refractivity contribution in [3.63, 3.8) is 0 Å². The Bertz CT molecular complexity index is 785. The number of piperidine rings is 1. The van der Waals surface area contributed by atoms with E-state index < -0.39 is 22.3 Å². The molecule has 1 aromatic heterocycles. The van der Waals surface area contributed by atoms with Crippen LogP contribution in [0.3, 0.4) is 0 Å². The Morgan fingerprint density at radius 3 is 2.55 bits per heavy atom. The Labute approximate surface area is 172 Å². The van der Waals surface area contributed by atoms with Gasteiger partial charge in [-0.2, -0.15) is 13.2 Å². The second kappa shape index (κ2) is 7.58. The van der Waals surface area contributed by atoms with Crippen molar-refractivity contribution in [1.82, 2.24) is 14.9 Å². The number of anilines is 1. The van der Waals surface area contributed by atoms with Crippen molar-refractivity contribution in [2.75, 3.05) is 24.5 Å². The minimum absolute atomic E-state index is 0.113. The highest BCUT2D eigenvalue weighted by molar-refractivity contribution is 6.30. The van der Waals surface area contributed by atoms with Crippen LogP contribution in [0.1, 0.15) is 50.5 Å². The maximum absolute atomic E-state index is 13.3. The van der Waals surface area contributed by atoms with Crippen molar-refractivity contribution in [2.24, 2.45) is 5.41 Å². The van der Waals surface area contributed by atoms with Crippen LogP contribution in [0.15, 0.2) is 6.20 Å². The Hall–Kier alpha value is -1.61. The predicted molar refractivity (Wildman–Crippen MR) is 101 cm³/mol. The summed E-state index contributed by atoms with van der Waals surface area (Å²) in [5.41, 5.74) is -1.61. The number of aliphatic hydroxyl groups excluding tert-OH is 1. The maximum Gasteiger partial charge on any atom is 0.420 e. The SMILES string of the molecule is O=C1N(C2CCC(O)CC2)CC[C@]12CCCN(c1ncc(C(F)(F)F)c(Cl)n1)C2. The zero-order chi connectivity index (χ0) is 20.8. The van der Waals surface area contributed by atoms with E-state index in [4.69, 9.17) is 11.6 Å². The van der Waals surface area contributed by atoms with E-state index in [-0.39, 0.29) is 24.0 Å². The average molecular weight is 433 g/mol. The fourth-order valence-corrected chi connectivity index (χ4v) is 5.17. The minimum Gasteiger partial charge on any atom is -0.393 e. The highest BCUT2D eigenvalue weighted by Crippen LogP contribution is 2.43. The van der Waals surface area contributed by atoms with Gasteiger partial charge in [-0.15, -0.1) is 0 Å². The number of likely N-dealkylation sites (tertiary alicyclic amines) is 1. The third-order valence-corrected chi connectivity index (χ3v) is 6.84. The molecular formula is C19H24ClF3N4O2. The summed E-state index contributed by atoms with van der Waals surface area (Å²) in [6.07, 6.45) is 1.09. The highest BCUT2D eigenvalue weighted by Gasteiger charge is 2.51. The molecular weight excluding hydrogens is 409 g/mol. The normalized spacial score (nSPS) is 31.0. The number of nitrogens with zero attached hydrogens (tertiary/aromatic N) is 4. The molecule has 1 atom stereocenters. The molecule has 4 rings (SSSR count). The molecule has 1 saturated carbocycles. The molecule has 0 bridgehead atoms. The lowest BCUT2D eigenvalue weighted by Gasteiger charge is -2.40. The second-order valence-electron chi connectivity index (χ2n) is 8.39. The molecule has 0 radical (unpaired) electrons. The summed E-state index contributed by atoms with van der Waals surface area (Å²) in [4.78, 5) is 24.8. The molecule has 0 aromatic carbocycles. The first-order valence-corrected chi connectivity index (χ1v) is 10.4. The van der Waals surface area contributed by atoms with E-state index in [2.05, 4.69) is 9.97 Å². The predicted octanol–water partition coefficient (Wildman–Crippen LogP) is 3.27. The number of halogens is 4. The van der Waals surface area contributed by atoms with E-state index in [9.17, 15) is 23.1 Å².